The molecule has 1 aliphatic heterocycles. The van der Waals surface area contributed by atoms with Crippen LogP contribution in [-0.4, -0.2) is 17.8 Å². The molecule has 33 heavy (non-hydrogen) atoms. The summed E-state index contributed by atoms with van der Waals surface area (Å²) < 4.78 is 5.75. The lowest BCUT2D eigenvalue weighted by atomic mass is 10.1. The van der Waals surface area contributed by atoms with E-state index in [0.29, 0.717) is 33.7 Å². The zero-order valence-electron chi connectivity index (χ0n) is 17.5. The van der Waals surface area contributed by atoms with Crippen LogP contribution in [-0.2, 0) is 16.2 Å². The summed E-state index contributed by atoms with van der Waals surface area (Å²) in [5, 5.41) is 3.14. The van der Waals surface area contributed by atoms with E-state index in [0.717, 1.165) is 16.0 Å². The van der Waals surface area contributed by atoms with Crippen LogP contribution in [0.5, 0.6) is 5.75 Å². The Kier molecular flexibility index (Phi) is 6.49. The van der Waals surface area contributed by atoms with Crippen molar-refractivity contribution in [2.75, 3.05) is 4.90 Å². The molecule has 8 heteroatoms. The normalized spacial score (nSPS) is 15.1. The van der Waals surface area contributed by atoms with E-state index in [4.69, 9.17) is 27.9 Å². The van der Waals surface area contributed by atoms with Gasteiger partial charge in [0.25, 0.3) is 11.8 Å². The van der Waals surface area contributed by atoms with Crippen LogP contribution in [0, 0.1) is 6.92 Å². The van der Waals surface area contributed by atoms with Crippen molar-refractivity contribution in [3.63, 3.8) is 0 Å². The quantitative estimate of drug-likeness (QED) is 0.383. The minimum Gasteiger partial charge on any atom is -0.489 e. The number of halogens is 2. The molecule has 4 rings (SSSR count). The molecule has 0 aromatic heterocycles. The standard InChI is InChI=1S/C25H18Cl2N2O4/c1-15-2-7-18(8-3-15)29-24(31)20(23(30)28-25(29)32)12-16-4-9-19(10-5-16)33-14-17-6-11-21(26)22(27)13-17/h2-13H,14H2,1H3,(H,28,30,32)/b20-12+. The molecule has 3 aromatic carbocycles. The number of carbonyl (C=O) groups is 3. The maximum absolute atomic E-state index is 12.9. The van der Waals surface area contributed by atoms with E-state index in [1.165, 1.54) is 6.08 Å². The minimum absolute atomic E-state index is 0.139. The number of barbiturate groups is 1. The Morgan fingerprint density at radius 2 is 1.61 bits per heavy atom. The van der Waals surface area contributed by atoms with Crippen molar-refractivity contribution < 1.29 is 19.1 Å². The van der Waals surface area contributed by atoms with Gasteiger partial charge in [0, 0.05) is 0 Å². The highest BCUT2D eigenvalue weighted by Gasteiger charge is 2.36. The minimum atomic E-state index is -0.781. The van der Waals surface area contributed by atoms with Crippen molar-refractivity contribution in [2.24, 2.45) is 0 Å². The molecule has 1 aliphatic rings. The predicted octanol–water partition coefficient (Wildman–Crippen LogP) is 5.55. The fourth-order valence-electron chi connectivity index (χ4n) is 3.21. The van der Waals surface area contributed by atoms with Crippen LogP contribution >= 0.6 is 23.2 Å². The highest BCUT2D eigenvalue weighted by atomic mass is 35.5. The monoisotopic (exact) mass is 480 g/mol. The molecule has 1 heterocycles. The number of ether oxygens (including phenoxy) is 1. The zero-order chi connectivity index (χ0) is 23.5. The number of rotatable bonds is 5. The molecule has 0 atom stereocenters. The van der Waals surface area contributed by atoms with Gasteiger partial charge in [-0.3, -0.25) is 14.9 Å². The largest absolute Gasteiger partial charge is 0.489 e. The van der Waals surface area contributed by atoms with E-state index in [2.05, 4.69) is 5.32 Å². The second-order valence-corrected chi connectivity index (χ2v) is 8.21. The average molecular weight is 481 g/mol. The number of nitrogens with zero attached hydrogens (tertiary/aromatic N) is 1. The smallest absolute Gasteiger partial charge is 0.335 e. The number of amides is 4. The number of aryl methyl sites for hydroxylation is 1. The highest BCUT2D eigenvalue weighted by Crippen LogP contribution is 2.25. The molecule has 4 amide bonds. The van der Waals surface area contributed by atoms with Crippen molar-refractivity contribution in [2.45, 2.75) is 13.5 Å². The van der Waals surface area contributed by atoms with Crippen LogP contribution in [0.1, 0.15) is 16.7 Å². The maximum Gasteiger partial charge on any atom is 0.335 e. The van der Waals surface area contributed by atoms with Gasteiger partial charge in [-0.2, -0.15) is 0 Å². The van der Waals surface area contributed by atoms with Gasteiger partial charge >= 0.3 is 6.03 Å². The number of hydrogen-bond acceptors (Lipinski definition) is 4. The summed E-state index contributed by atoms with van der Waals surface area (Å²) in [4.78, 5) is 38.5. The summed E-state index contributed by atoms with van der Waals surface area (Å²) in [6.07, 6.45) is 1.44. The van der Waals surface area contributed by atoms with Crippen molar-refractivity contribution in [3.05, 3.63) is 99.0 Å². The Morgan fingerprint density at radius 1 is 0.909 bits per heavy atom. The van der Waals surface area contributed by atoms with Crippen LogP contribution in [0.2, 0.25) is 10.0 Å². The molecule has 1 N–H and O–H groups in total. The van der Waals surface area contributed by atoms with Gasteiger partial charge in [0.05, 0.1) is 15.7 Å². The molecule has 0 aliphatic carbocycles. The third-order valence-corrected chi connectivity index (χ3v) is 5.71. The van der Waals surface area contributed by atoms with Crippen molar-refractivity contribution in [1.29, 1.82) is 0 Å². The summed E-state index contributed by atoms with van der Waals surface area (Å²) in [5.41, 5.74) is 2.69. The van der Waals surface area contributed by atoms with Gasteiger partial charge in [-0.25, -0.2) is 9.69 Å². The molecule has 0 saturated carbocycles. The fraction of sp³-hybridized carbons (Fsp3) is 0.0800. The maximum atomic E-state index is 12.9. The summed E-state index contributed by atoms with van der Waals surface area (Å²) in [5.74, 6) is -0.833. The lowest BCUT2D eigenvalue weighted by Gasteiger charge is -2.26. The Balaban J connectivity index is 1.50. The van der Waals surface area contributed by atoms with Crippen LogP contribution in [0.25, 0.3) is 6.08 Å². The lowest BCUT2D eigenvalue weighted by Crippen LogP contribution is -2.54. The number of urea groups is 1. The number of carbonyl (C=O) groups excluding carboxylic acids is 3. The van der Waals surface area contributed by atoms with Crippen LogP contribution in [0.15, 0.2) is 72.3 Å². The third-order valence-electron chi connectivity index (χ3n) is 4.97. The van der Waals surface area contributed by atoms with Crippen molar-refractivity contribution in [3.8, 4) is 5.75 Å². The summed E-state index contributed by atoms with van der Waals surface area (Å²) in [6.45, 7) is 2.19. The molecular weight excluding hydrogens is 463 g/mol. The molecule has 6 nitrogen and oxygen atoms in total. The zero-order valence-corrected chi connectivity index (χ0v) is 19.0. The van der Waals surface area contributed by atoms with Gasteiger partial charge in [0.15, 0.2) is 0 Å². The first-order chi connectivity index (χ1) is 15.8. The summed E-state index contributed by atoms with van der Waals surface area (Å²) in [6, 6.07) is 18.2. The Bertz CT molecular complexity index is 1270. The molecule has 3 aromatic rings. The van der Waals surface area contributed by atoms with Crippen molar-refractivity contribution in [1.82, 2.24) is 5.32 Å². The summed E-state index contributed by atoms with van der Waals surface area (Å²) in [7, 11) is 0. The van der Waals surface area contributed by atoms with Gasteiger partial charge in [-0.05, 0) is 60.5 Å². The van der Waals surface area contributed by atoms with Gasteiger partial charge in [0.1, 0.15) is 17.9 Å². The van der Waals surface area contributed by atoms with Gasteiger partial charge < -0.3 is 4.74 Å². The van der Waals surface area contributed by atoms with E-state index in [1.807, 2.05) is 13.0 Å². The molecule has 1 fully saturated rings. The molecule has 0 unspecified atom stereocenters. The Morgan fingerprint density at radius 3 is 2.27 bits per heavy atom. The first-order valence-electron chi connectivity index (χ1n) is 9.97. The first-order valence-corrected chi connectivity index (χ1v) is 10.7. The molecule has 1 saturated heterocycles. The number of imide groups is 2. The molecule has 0 bridgehead atoms. The van der Waals surface area contributed by atoms with Crippen molar-refractivity contribution >= 4 is 52.8 Å². The van der Waals surface area contributed by atoms with E-state index in [-0.39, 0.29) is 5.57 Å². The SMILES string of the molecule is Cc1ccc(N2C(=O)NC(=O)/C(=C\c3ccc(OCc4ccc(Cl)c(Cl)c4)cc3)C2=O)cc1. The highest BCUT2D eigenvalue weighted by molar-refractivity contribution is 6.42. The lowest BCUT2D eigenvalue weighted by molar-refractivity contribution is -0.122. The number of nitrogens with one attached hydrogen (secondary N) is 1. The van der Waals surface area contributed by atoms with Crippen LogP contribution < -0.4 is 15.0 Å². The van der Waals surface area contributed by atoms with Crippen LogP contribution in [0.3, 0.4) is 0 Å². The van der Waals surface area contributed by atoms with Gasteiger partial charge in [-0.15, -0.1) is 0 Å². The van der Waals surface area contributed by atoms with E-state index < -0.39 is 17.8 Å². The number of anilines is 1. The summed E-state index contributed by atoms with van der Waals surface area (Å²) >= 11 is 11.9. The van der Waals surface area contributed by atoms with E-state index in [1.54, 1.807) is 60.7 Å². The number of benzene rings is 3. The fourth-order valence-corrected chi connectivity index (χ4v) is 3.53. The van der Waals surface area contributed by atoms with Gasteiger partial charge in [0.2, 0.25) is 0 Å². The first kappa shape index (κ1) is 22.6. The van der Waals surface area contributed by atoms with E-state index >= 15 is 0 Å². The second-order valence-electron chi connectivity index (χ2n) is 7.40. The third kappa shape index (κ3) is 5.08. The molecule has 166 valence electrons. The predicted molar refractivity (Wildman–Crippen MR) is 127 cm³/mol. The van der Waals surface area contributed by atoms with Crippen LogP contribution in [0.4, 0.5) is 10.5 Å². The molecule has 0 radical (unpaired) electrons. The average Bonchev–Trinajstić information content (AvgIpc) is 2.79. The Hall–Kier alpha value is -3.61. The molecular formula is C25H18Cl2N2O4. The molecule has 0 spiro atoms. The second kappa shape index (κ2) is 9.48. The van der Waals surface area contributed by atoms with E-state index in [9.17, 15) is 14.4 Å². The Labute approximate surface area is 200 Å². The number of hydrogen-bond donors (Lipinski definition) is 1. The topological polar surface area (TPSA) is 75.7 Å². The van der Waals surface area contributed by atoms with Gasteiger partial charge in [-0.1, -0.05) is 59.1 Å².